The fraction of sp³-hybridized carbons (Fsp3) is 0.167. The summed E-state index contributed by atoms with van der Waals surface area (Å²) in [6.45, 7) is 0. The Morgan fingerprint density at radius 1 is 1.24 bits per heavy atom. The monoisotopic (exact) mass is 349 g/mol. The molecular weight excluding hydrogens is 341 g/mol. The van der Waals surface area contributed by atoms with Crippen LogP contribution in [0.2, 0.25) is 9.36 Å². The van der Waals surface area contributed by atoms with Crippen LogP contribution in [-0.4, -0.2) is 7.05 Å². The third-order valence-corrected chi connectivity index (χ3v) is 4.66. The van der Waals surface area contributed by atoms with Gasteiger partial charge >= 0.3 is 0 Å². The van der Waals surface area contributed by atoms with Gasteiger partial charge in [-0.1, -0.05) is 45.2 Å². The quantitative estimate of drug-likeness (QED) is 0.809. The predicted octanol–water partition coefficient (Wildman–Crippen LogP) is 5.13. The first-order valence-corrected chi connectivity index (χ1v) is 7.36. The lowest BCUT2D eigenvalue weighted by Crippen LogP contribution is -2.16. The van der Waals surface area contributed by atoms with E-state index in [1.54, 1.807) is 11.3 Å². The Morgan fingerprint density at radius 3 is 2.53 bits per heavy atom. The van der Waals surface area contributed by atoms with Crippen molar-refractivity contribution >= 4 is 50.5 Å². The van der Waals surface area contributed by atoms with Crippen molar-refractivity contribution in [1.82, 2.24) is 5.32 Å². The molecule has 0 saturated carbocycles. The predicted molar refractivity (Wildman–Crippen MR) is 79.4 cm³/mol. The minimum Gasteiger partial charge on any atom is -0.309 e. The van der Waals surface area contributed by atoms with Crippen molar-refractivity contribution in [2.45, 2.75) is 6.04 Å². The van der Waals surface area contributed by atoms with Crippen molar-refractivity contribution < 1.29 is 0 Å². The molecule has 1 aromatic heterocycles. The molecule has 0 aliphatic carbocycles. The van der Waals surface area contributed by atoms with Crippen LogP contribution in [0.1, 0.15) is 16.5 Å². The molecule has 0 aliphatic rings. The van der Waals surface area contributed by atoms with Gasteiger partial charge in [-0.05, 0) is 36.9 Å². The number of halogens is 3. The Bertz CT molecular complexity index is 527. The molecule has 0 bridgehead atoms. The minimum atomic E-state index is 0.124. The van der Waals surface area contributed by atoms with Crippen molar-refractivity contribution in [2.75, 3.05) is 7.05 Å². The smallest absolute Gasteiger partial charge is 0.0931 e. The molecule has 0 radical (unpaired) electrons. The van der Waals surface area contributed by atoms with Crippen LogP contribution in [0.15, 0.2) is 34.8 Å². The van der Waals surface area contributed by atoms with E-state index in [0.717, 1.165) is 19.4 Å². The Hall–Kier alpha value is -0.0600. The number of nitrogens with one attached hydrogen (secondary N) is 1. The molecule has 90 valence electrons. The van der Waals surface area contributed by atoms with Crippen LogP contribution in [0.3, 0.4) is 0 Å². The highest BCUT2D eigenvalue weighted by atomic mass is 79.9. The van der Waals surface area contributed by atoms with Gasteiger partial charge in [-0.2, -0.15) is 0 Å². The van der Waals surface area contributed by atoms with Crippen LogP contribution >= 0.6 is 50.5 Å². The van der Waals surface area contributed by atoms with E-state index in [9.17, 15) is 0 Å². The van der Waals surface area contributed by atoms with E-state index in [0.29, 0.717) is 0 Å². The number of thiophene rings is 1. The summed E-state index contributed by atoms with van der Waals surface area (Å²) in [5.41, 5.74) is 1.15. The molecule has 0 spiro atoms. The Morgan fingerprint density at radius 2 is 2.00 bits per heavy atom. The second-order valence-electron chi connectivity index (χ2n) is 3.53. The molecule has 1 atom stereocenters. The largest absolute Gasteiger partial charge is 0.309 e. The Kier molecular flexibility index (Phi) is 4.50. The van der Waals surface area contributed by atoms with Crippen molar-refractivity contribution in [2.24, 2.45) is 0 Å². The topological polar surface area (TPSA) is 12.0 Å². The molecule has 17 heavy (non-hydrogen) atoms. The molecule has 0 fully saturated rings. The molecule has 0 saturated heterocycles. The highest BCUT2D eigenvalue weighted by Crippen LogP contribution is 2.34. The van der Waals surface area contributed by atoms with Crippen molar-refractivity contribution in [1.29, 1.82) is 0 Å². The third kappa shape index (κ3) is 3.04. The van der Waals surface area contributed by atoms with Crippen LogP contribution in [0.25, 0.3) is 0 Å². The number of hydrogen-bond acceptors (Lipinski definition) is 2. The SMILES string of the molecule is CNC(c1ccc(Cl)s1)c1ccc(Cl)cc1Br. The molecule has 1 nitrogen and oxygen atoms in total. The molecule has 5 heteroatoms. The van der Waals surface area contributed by atoms with Crippen molar-refractivity contribution in [3.63, 3.8) is 0 Å². The molecule has 2 aromatic rings. The molecule has 1 aromatic carbocycles. The average molecular weight is 351 g/mol. The lowest BCUT2D eigenvalue weighted by molar-refractivity contribution is 0.701. The van der Waals surface area contributed by atoms with Gasteiger partial charge in [0.15, 0.2) is 0 Å². The highest BCUT2D eigenvalue weighted by Gasteiger charge is 2.16. The Balaban J connectivity index is 2.42. The van der Waals surface area contributed by atoms with Crippen LogP contribution in [0.4, 0.5) is 0 Å². The fourth-order valence-electron chi connectivity index (χ4n) is 1.67. The molecular formula is C12H10BrCl2NS. The number of rotatable bonds is 3. The van der Waals surface area contributed by atoms with E-state index in [1.807, 2.05) is 37.4 Å². The molecule has 2 rings (SSSR count). The maximum atomic E-state index is 5.97. The molecule has 0 aliphatic heterocycles. The van der Waals surface area contributed by atoms with E-state index in [4.69, 9.17) is 23.2 Å². The lowest BCUT2D eigenvalue weighted by atomic mass is 10.1. The van der Waals surface area contributed by atoms with Gasteiger partial charge in [-0.25, -0.2) is 0 Å². The molecule has 1 heterocycles. The first-order valence-electron chi connectivity index (χ1n) is 4.99. The normalized spacial score (nSPS) is 12.7. The molecule has 1 N–H and O–H groups in total. The zero-order valence-electron chi connectivity index (χ0n) is 9.01. The summed E-state index contributed by atoms with van der Waals surface area (Å²) in [6.07, 6.45) is 0. The van der Waals surface area contributed by atoms with Gasteiger partial charge in [0.2, 0.25) is 0 Å². The fourth-order valence-corrected chi connectivity index (χ4v) is 3.77. The third-order valence-electron chi connectivity index (χ3n) is 2.44. The summed E-state index contributed by atoms with van der Waals surface area (Å²) in [6, 6.07) is 9.88. The first-order chi connectivity index (χ1) is 8.11. The zero-order chi connectivity index (χ0) is 12.4. The van der Waals surface area contributed by atoms with E-state index < -0.39 is 0 Å². The van der Waals surface area contributed by atoms with Gasteiger partial charge in [0.25, 0.3) is 0 Å². The summed E-state index contributed by atoms with van der Waals surface area (Å²) < 4.78 is 1.79. The molecule has 1 unspecified atom stereocenters. The van der Waals surface area contributed by atoms with Crippen LogP contribution < -0.4 is 5.32 Å². The van der Waals surface area contributed by atoms with Gasteiger partial charge in [-0.3, -0.25) is 0 Å². The first kappa shape index (κ1) is 13.4. The van der Waals surface area contributed by atoms with Crippen molar-refractivity contribution in [3.05, 3.63) is 54.6 Å². The summed E-state index contributed by atoms with van der Waals surface area (Å²) in [5, 5.41) is 4.01. The van der Waals surface area contributed by atoms with Gasteiger partial charge in [0.1, 0.15) is 0 Å². The summed E-state index contributed by atoms with van der Waals surface area (Å²) in [5.74, 6) is 0. The maximum absolute atomic E-state index is 5.97. The molecule has 0 amide bonds. The standard InChI is InChI=1S/C12H10BrCl2NS/c1-16-12(10-4-5-11(15)17-10)8-3-2-7(14)6-9(8)13/h2-6,12,16H,1H3. The van der Waals surface area contributed by atoms with Crippen LogP contribution in [0, 0.1) is 0 Å². The lowest BCUT2D eigenvalue weighted by Gasteiger charge is -2.16. The second kappa shape index (κ2) is 5.72. The zero-order valence-corrected chi connectivity index (χ0v) is 12.9. The summed E-state index contributed by atoms with van der Waals surface area (Å²) >= 11 is 17.0. The number of hydrogen-bond donors (Lipinski definition) is 1. The average Bonchev–Trinajstić information content (AvgIpc) is 2.69. The van der Waals surface area contributed by atoms with Gasteiger partial charge in [-0.15, -0.1) is 11.3 Å². The van der Waals surface area contributed by atoms with Crippen molar-refractivity contribution in [3.8, 4) is 0 Å². The van der Waals surface area contributed by atoms with E-state index in [2.05, 4.69) is 21.2 Å². The van der Waals surface area contributed by atoms with E-state index in [1.165, 1.54) is 4.88 Å². The number of benzene rings is 1. The van der Waals surface area contributed by atoms with Gasteiger partial charge in [0.05, 0.1) is 10.4 Å². The maximum Gasteiger partial charge on any atom is 0.0931 e. The Labute approximate surface area is 123 Å². The van der Waals surface area contributed by atoms with E-state index in [-0.39, 0.29) is 6.04 Å². The van der Waals surface area contributed by atoms with Crippen LogP contribution in [0.5, 0.6) is 0 Å². The van der Waals surface area contributed by atoms with Gasteiger partial charge < -0.3 is 5.32 Å². The van der Waals surface area contributed by atoms with Gasteiger partial charge in [0, 0.05) is 14.4 Å². The second-order valence-corrected chi connectivity index (χ2v) is 6.57. The summed E-state index contributed by atoms with van der Waals surface area (Å²) in [4.78, 5) is 1.18. The minimum absolute atomic E-state index is 0.124. The summed E-state index contributed by atoms with van der Waals surface area (Å²) in [7, 11) is 1.93. The van der Waals surface area contributed by atoms with E-state index >= 15 is 0 Å². The highest BCUT2D eigenvalue weighted by molar-refractivity contribution is 9.10. The van der Waals surface area contributed by atoms with Crippen LogP contribution in [-0.2, 0) is 0 Å².